The number of halogens is 1. The molecule has 0 aliphatic heterocycles. The predicted molar refractivity (Wildman–Crippen MR) is 91.1 cm³/mol. The van der Waals surface area contributed by atoms with E-state index in [1.807, 2.05) is 43.3 Å². The Balaban J connectivity index is 2.03. The molecular formula is C16H17ClN2OS. The van der Waals surface area contributed by atoms with Crippen molar-refractivity contribution >= 4 is 40.6 Å². The van der Waals surface area contributed by atoms with E-state index in [9.17, 15) is 4.79 Å². The fourth-order valence-electron chi connectivity index (χ4n) is 1.98. The van der Waals surface area contributed by atoms with Crippen LogP contribution < -0.4 is 10.6 Å². The lowest BCUT2D eigenvalue weighted by molar-refractivity contribution is -0.116. The molecule has 2 aromatic rings. The highest BCUT2D eigenvalue weighted by atomic mass is 35.5. The van der Waals surface area contributed by atoms with Gasteiger partial charge in [0.15, 0.2) is 0 Å². The molecule has 21 heavy (non-hydrogen) atoms. The second kappa shape index (κ2) is 7.38. The smallest absolute Gasteiger partial charge is 0.237 e. The van der Waals surface area contributed by atoms with Crippen LogP contribution in [0.3, 0.4) is 0 Å². The minimum atomic E-state index is 0.0584. The zero-order valence-corrected chi connectivity index (χ0v) is 13.3. The van der Waals surface area contributed by atoms with Crippen molar-refractivity contribution in [1.29, 1.82) is 0 Å². The predicted octanol–water partition coefficient (Wildman–Crippen LogP) is 4.07. The molecule has 0 atom stereocenters. The van der Waals surface area contributed by atoms with E-state index in [0.29, 0.717) is 23.0 Å². The van der Waals surface area contributed by atoms with E-state index in [-0.39, 0.29) is 5.91 Å². The molecule has 2 rings (SSSR count). The summed E-state index contributed by atoms with van der Waals surface area (Å²) in [6.07, 6.45) is 0. The van der Waals surface area contributed by atoms with Gasteiger partial charge in [-0.05, 0) is 37.3 Å². The molecule has 0 saturated carbocycles. The fourth-order valence-corrected chi connectivity index (χ4v) is 2.98. The summed E-state index contributed by atoms with van der Waals surface area (Å²) in [5.41, 5.74) is 7.41. The summed E-state index contributed by atoms with van der Waals surface area (Å²) in [6, 6.07) is 15.0. The van der Waals surface area contributed by atoms with Crippen molar-refractivity contribution in [3.8, 4) is 0 Å². The Labute approximate surface area is 134 Å². The number of rotatable bonds is 5. The number of anilines is 2. The molecule has 5 heteroatoms. The average molecular weight is 321 g/mol. The SMILES string of the molecule is CCN(C(=O)CSc1ccc(Cl)cc1N)c1ccccc1. The Morgan fingerprint density at radius 3 is 2.57 bits per heavy atom. The molecular weight excluding hydrogens is 304 g/mol. The quantitative estimate of drug-likeness (QED) is 0.667. The number of amides is 1. The summed E-state index contributed by atoms with van der Waals surface area (Å²) in [7, 11) is 0. The molecule has 1 amide bonds. The van der Waals surface area contributed by atoms with Crippen molar-refractivity contribution in [3.63, 3.8) is 0 Å². The van der Waals surface area contributed by atoms with E-state index < -0.39 is 0 Å². The zero-order valence-electron chi connectivity index (χ0n) is 11.8. The van der Waals surface area contributed by atoms with E-state index in [1.165, 1.54) is 11.8 Å². The highest BCUT2D eigenvalue weighted by Gasteiger charge is 2.14. The molecule has 2 N–H and O–H groups in total. The van der Waals surface area contributed by atoms with Gasteiger partial charge in [-0.3, -0.25) is 4.79 Å². The summed E-state index contributed by atoms with van der Waals surface area (Å²) >= 11 is 7.30. The van der Waals surface area contributed by atoms with Gasteiger partial charge in [0.2, 0.25) is 5.91 Å². The molecule has 0 unspecified atom stereocenters. The largest absolute Gasteiger partial charge is 0.398 e. The molecule has 3 nitrogen and oxygen atoms in total. The van der Waals surface area contributed by atoms with Gasteiger partial charge in [-0.2, -0.15) is 0 Å². The van der Waals surface area contributed by atoms with Crippen molar-refractivity contribution in [3.05, 3.63) is 53.6 Å². The first kappa shape index (κ1) is 15.7. The standard InChI is InChI=1S/C16H17ClN2OS/c1-2-19(13-6-4-3-5-7-13)16(20)11-21-15-9-8-12(17)10-14(15)18/h3-10H,2,11,18H2,1H3. The number of thioether (sulfide) groups is 1. The Morgan fingerprint density at radius 2 is 1.95 bits per heavy atom. The third kappa shape index (κ3) is 4.16. The molecule has 0 radical (unpaired) electrons. The molecule has 0 aliphatic rings. The maximum absolute atomic E-state index is 12.4. The van der Waals surface area contributed by atoms with Crippen molar-refractivity contribution in [1.82, 2.24) is 0 Å². The number of carbonyl (C=O) groups is 1. The van der Waals surface area contributed by atoms with E-state index in [1.54, 1.807) is 17.0 Å². The minimum absolute atomic E-state index is 0.0584. The Kier molecular flexibility index (Phi) is 5.53. The summed E-state index contributed by atoms with van der Waals surface area (Å²) < 4.78 is 0. The highest BCUT2D eigenvalue weighted by Crippen LogP contribution is 2.28. The van der Waals surface area contributed by atoms with Gasteiger partial charge in [0.1, 0.15) is 0 Å². The number of carbonyl (C=O) groups excluding carboxylic acids is 1. The summed E-state index contributed by atoms with van der Waals surface area (Å²) in [5, 5.41) is 0.600. The van der Waals surface area contributed by atoms with Crippen molar-refractivity contribution < 1.29 is 4.79 Å². The van der Waals surface area contributed by atoms with Crippen molar-refractivity contribution in [2.75, 3.05) is 22.9 Å². The first-order chi connectivity index (χ1) is 10.1. The Morgan fingerprint density at radius 1 is 1.24 bits per heavy atom. The Hall–Kier alpha value is -1.65. The van der Waals surface area contributed by atoms with Crippen LogP contribution >= 0.6 is 23.4 Å². The number of hydrogen-bond donors (Lipinski definition) is 1. The van der Waals surface area contributed by atoms with Crippen LogP contribution in [0, 0.1) is 0 Å². The van der Waals surface area contributed by atoms with Gasteiger partial charge in [0, 0.05) is 27.8 Å². The summed E-state index contributed by atoms with van der Waals surface area (Å²) in [4.78, 5) is 15.0. The third-order valence-corrected chi connectivity index (χ3v) is 4.32. The topological polar surface area (TPSA) is 46.3 Å². The van der Waals surface area contributed by atoms with Gasteiger partial charge in [0.05, 0.1) is 5.75 Å². The zero-order chi connectivity index (χ0) is 15.2. The minimum Gasteiger partial charge on any atom is -0.398 e. The lowest BCUT2D eigenvalue weighted by Crippen LogP contribution is -2.32. The van der Waals surface area contributed by atoms with Crippen molar-refractivity contribution in [2.24, 2.45) is 0 Å². The van der Waals surface area contributed by atoms with Gasteiger partial charge < -0.3 is 10.6 Å². The summed E-state index contributed by atoms with van der Waals surface area (Å²) in [5.74, 6) is 0.400. The molecule has 110 valence electrons. The lowest BCUT2D eigenvalue weighted by atomic mass is 10.3. The maximum atomic E-state index is 12.4. The van der Waals surface area contributed by atoms with Gasteiger partial charge >= 0.3 is 0 Å². The number of nitrogens with zero attached hydrogens (tertiary/aromatic N) is 1. The lowest BCUT2D eigenvalue weighted by Gasteiger charge is -2.21. The van der Waals surface area contributed by atoms with Gasteiger partial charge in [-0.25, -0.2) is 0 Å². The average Bonchev–Trinajstić information content (AvgIpc) is 2.48. The van der Waals surface area contributed by atoms with E-state index in [4.69, 9.17) is 17.3 Å². The van der Waals surface area contributed by atoms with Crippen LogP contribution in [0.4, 0.5) is 11.4 Å². The second-order valence-corrected chi connectivity index (χ2v) is 5.90. The molecule has 0 aromatic heterocycles. The monoisotopic (exact) mass is 320 g/mol. The number of hydrogen-bond acceptors (Lipinski definition) is 3. The third-order valence-electron chi connectivity index (χ3n) is 3.01. The summed E-state index contributed by atoms with van der Waals surface area (Å²) in [6.45, 7) is 2.60. The van der Waals surface area contributed by atoms with Crippen LogP contribution in [0.2, 0.25) is 5.02 Å². The van der Waals surface area contributed by atoms with Gasteiger partial charge in [-0.1, -0.05) is 29.8 Å². The molecule has 0 spiro atoms. The highest BCUT2D eigenvalue weighted by molar-refractivity contribution is 8.00. The molecule has 0 heterocycles. The van der Waals surface area contributed by atoms with Crippen LogP contribution in [-0.4, -0.2) is 18.2 Å². The van der Waals surface area contributed by atoms with E-state index in [2.05, 4.69) is 0 Å². The van der Waals surface area contributed by atoms with Crippen molar-refractivity contribution in [2.45, 2.75) is 11.8 Å². The second-order valence-electron chi connectivity index (χ2n) is 4.44. The van der Waals surface area contributed by atoms with Crippen LogP contribution in [0.5, 0.6) is 0 Å². The first-order valence-corrected chi connectivity index (χ1v) is 8.01. The molecule has 0 bridgehead atoms. The first-order valence-electron chi connectivity index (χ1n) is 6.65. The van der Waals surface area contributed by atoms with Gasteiger partial charge in [-0.15, -0.1) is 11.8 Å². The number of nitrogens with two attached hydrogens (primary N) is 1. The maximum Gasteiger partial charge on any atom is 0.237 e. The van der Waals surface area contributed by atoms with Gasteiger partial charge in [0.25, 0.3) is 0 Å². The van der Waals surface area contributed by atoms with E-state index >= 15 is 0 Å². The molecule has 2 aromatic carbocycles. The number of nitrogen functional groups attached to an aromatic ring is 1. The van der Waals surface area contributed by atoms with Crippen LogP contribution in [0.1, 0.15) is 6.92 Å². The number of benzene rings is 2. The van der Waals surface area contributed by atoms with Crippen LogP contribution in [-0.2, 0) is 4.79 Å². The fraction of sp³-hybridized carbons (Fsp3) is 0.188. The van der Waals surface area contributed by atoms with E-state index in [0.717, 1.165) is 10.6 Å². The Bertz CT molecular complexity index is 619. The van der Waals surface area contributed by atoms with Crippen LogP contribution in [0.15, 0.2) is 53.4 Å². The number of para-hydroxylation sites is 1. The molecule has 0 aliphatic carbocycles. The van der Waals surface area contributed by atoms with Crippen LogP contribution in [0.25, 0.3) is 0 Å². The molecule has 0 saturated heterocycles. The molecule has 0 fully saturated rings. The normalized spacial score (nSPS) is 10.4.